The molecule has 0 rings (SSSR count). The number of phosphoric ester groups is 2. The van der Waals surface area contributed by atoms with Crippen LogP contribution < -0.4 is 0 Å². The number of carbonyl (C=O) groups excluding carboxylic acids is 3. The van der Waals surface area contributed by atoms with Crippen molar-refractivity contribution in [3.8, 4) is 0 Å². The summed E-state index contributed by atoms with van der Waals surface area (Å²) in [4.78, 5) is 64.0. The van der Waals surface area contributed by atoms with Crippen LogP contribution in [0.15, 0.2) is 24.3 Å². The maximum Gasteiger partial charge on any atom is 0.472 e. The molecule has 0 aliphatic heterocycles. The highest BCUT2D eigenvalue weighted by Crippen LogP contribution is 2.43. The molecular formula is C36H66O14P2. The van der Waals surface area contributed by atoms with E-state index in [1.165, 1.54) is 12.8 Å². The highest BCUT2D eigenvalue weighted by Gasteiger charge is 2.28. The number of esters is 2. The predicted octanol–water partition coefficient (Wildman–Crippen LogP) is 7.81. The van der Waals surface area contributed by atoms with Gasteiger partial charge in [-0.15, -0.1) is 0 Å². The normalized spacial score (nSPS) is 14.5. The molecule has 0 radical (unpaired) electrons. The average molecular weight is 785 g/mol. The number of aliphatic hydroxyl groups is 1. The monoisotopic (exact) mass is 784 g/mol. The van der Waals surface area contributed by atoms with E-state index in [4.69, 9.17) is 23.8 Å². The summed E-state index contributed by atoms with van der Waals surface area (Å²) in [5.74, 6) is -0.267. The van der Waals surface area contributed by atoms with Crippen molar-refractivity contribution in [2.75, 3.05) is 26.4 Å². The van der Waals surface area contributed by atoms with Crippen LogP contribution in [0, 0.1) is 5.92 Å². The van der Waals surface area contributed by atoms with Crippen molar-refractivity contribution >= 4 is 33.4 Å². The second-order valence-corrected chi connectivity index (χ2v) is 16.1. The van der Waals surface area contributed by atoms with Crippen molar-refractivity contribution in [2.24, 2.45) is 5.92 Å². The Morgan fingerprint density at radius 2 is 1.21 bits per heavy atom. The summed E-state index contributed by atoms with van der Waals surface area (Å²) in [6.45, 7) is 3.72. The highest BCUT2D eigenvalue weighted by atomic mass is 31.2. The molecule has 3 atom stereocenters. The Labute approximate surface area is 310 Å². The van der Waals surface area contributed by atoms with Crippen molar-refractivity contribution in [3.05, 3.63) is 24.3 Å². The molecule has 0 aliphatic rings. The molecule has 0 heterocycles. The van der Waals surface area contributed by atoms with Gasteiger partial charge >= 0.3 is 27.6 Å². The molecule has 0 bridgehead atoms. The van der Waals surface area contributed by atoms with E-state index in [1.807, 2.05) is 12.2 Å². The third-order valence-electron chi connectivity index (χ3n) is 7.74. The molecule has 0 amide bonds. The minimum Gasteiger partial charge on any atom is -0.462 e. The zero-order valence-electron chi connectivity index (χ0n) is 31.6. The number of ketones is 1. The lowest BCUT2D eigenvalue weighted by molar-refractivity contribution is -0.161. The lowest BCUT2D eigenvalue weighted by atomic mass is 10.0. The van der Waals surface area contributed by atoms with Gasteiger partial charge in [-0.25, -0.2) is 9.13 Å². The summed E-state index contributed by atoms with van der Waals surface area (Å²) >= 11 is 0. The Hall–Kier alpha value is -1.73. The summed E-state index contributed by atoms with van der Waals surface area (Å²) in [6, 6.07) is 0. The standard InChI is InChI=1S/C36H66O14P2/c1-4-5-17-23-32(37)24-19-14-9-7-6-8-10-15-20-25-35(39)46-29-34(50-36(40)26-21-16-12-11-13-18-22-31(2)3)30-49-52(44,45)48-28-33(38)27-47-51(41,42)43/h9,14,19,24,31,33-34,38H,4-8,10-13,15-18,20-23,25-30H2,1-3H3,(H,44,45)(H2,41,42,43)/b14-9-,24-19+/t33-,34+/m0/s1. The third kappa shape index (κ3) is 35.3. The Morgan fingerprint density at radius 1 is 0.654 bits per heavy atom. The van der Waals surface area contributed by atoms with Gasteiger partial charge in [-0.1, -0.05) is 110 Å². The molecule has 16 heteroatoms. The van der Waals surface area contributed by atoms with E-state index in [0.717, 1.165) is 77.0 Å². The first kappa shape index (κ1) is 50.3. The SMILES string of the molecule is CCCCCC(=O)/C=C/C=C\CCCCCCCC(=O)OC[C@H](COP(=O)(O)OC[C@@H](O)COP(=O)(O)O)OC(=O)CCCCCCCCC(C)C. The van der Waals surface area contributed by atoms with E-state index in [-0.39, 0.29) is 18.6 Å². The van der Waals surface area contributed by atoms with E-state index in [0.29, 0.717) is 25.2 Å². The van der Waals surface area contributed by atoms with Crippen LogP contribution in [0.25, 0.3) is 0 Å². The molecule has 4 N–H and O–H groups in total. The summed E-state index contributed by atoms with van der Waals surface area (Å²) in [6.07, 6.45) is 20.7. The van der Waals surface area contributed by atoms with Gasteiger partial charge in [-0.05, 0) is 44.1 Å². The molecule has 14 nitrogen and oxygen atoms in total. The second kappa shape index (κ2) is 31.6. The molecular weight excluding hydrogens is 718 g/mol. The van der Waals surface area contributed by atoms with Crippen LogP contribution in [0.1, 0.15) is 143 Å². The number of hydrogen-bond acceptors (Lipinski definition) is 11. The molecule has 0 aromatic carbocycles. The fourth-order valence-electron chi connectivity index (χ4n) is 4.81. The van der Waals surface area contributed by atoms with Gasteiger partial charge in [0.15, 0.2) is 11.9 Å². The van der Waals surface area contributed by atoms with Crippen molar-refractivity contribution in [1.29, 1.82) is 0 Å². The molecule has 0 fully saturated rings. The van der Waals surface area contributed by atoms with Crippen LogP contribution >= 0.6 is 15.6 Å². The Balaban J connectivity index is 4.61. The number of aliphatic hydroxyl groups excluding tert-OH is 1. The largest absolute Gasteiger partial charge is 0.472 e. The van der Waals surface area contributed by atoms with E-state index in [1.54, 1.807) is 12.2 Å². The number of allylic oxidation sites excluding steroid dienone is 4. The van der Waals surface area contributed by atoms with E-state index < -0.39 is 66.2 Å². The van der Waals surface area contributed by atoms with Crippen molar-refractivity contribution < 1.29 is 66.3 Å². The van der Waals surface area contributed by atoms with Gasteiger partial charge in [0.2, 0.25) is 0 Å². The molecule has 1 unspecified atom stereocenters. The Bertz CT molecular complexity index is 1100. The van der Waals surface area contributed by atoms with Gasteiger partial charge in [-0.2, -0.15) is 0 Å². The predicted molar refractivity (Wildman–Crippen MR) is 198 cm³/mol. The van der Waals surface area contributed by atoms with Crippen LogP contribution in [-0.4, -0.2) is 76.1 Å². The van der Waals surface area contributed by atoms with Gasteiger partial charge < -0.3 is 29.3 Å². The number of unbranched alkanes of at least 4 members (excludes halogenated alkanes) is 12. The highest BCUT2D eigenvalue weighted by molar-refractivity contribution is 7.47. The van der Waals surface area contributed by atoms with Crippen LogP contribution in [0.2, 0.25) is 0 Å². The molecule has 0 aromatic heterocycles. The maximum atomic E-state index is 12.5. The zero-order chi connectivity index (χ0) is 39.1. The van der Waals surface area contributed by atoms with E-state index in [2.05, 4.69) is 29.8 Å². The van der Waals surface area contributed by atoms with Gasteiger partial charge in [0.1, 0.15) is 12.7 Å². The molecule has 0 saturated heterocycles. The van der Waals surface area contributed by atoms with Gasteiger partial charge in [0, 0.05) is 19.3 Å². The molecule has 0 aliphatic carbocycles. The zero-order valence-corrected chi connectivity index (χ0v) is 33.4. The summed E-state index contributed by atoms with van der Waals surface area (Å²) in [5.41, 5.74) is 0. The number of phosphoric acid groups is 2. The minimum atomic E-state index is -4.86. The summed E-state index contributed by atoms with van der Waals surface area (Å²) < 4.78 is 47.4. The fourth-order valence-corrected chi connectivity index (χ4v) is 5.96. The van der Waals surface area contributed by atoms with Gasteiger partial charge in [0.05, 0.1) is 19.8 Å². The van der Waals surface area contributed by atoms with Crippen LogP contribution in [0.4, 0.5) is 0 Å². The quantitative estimate of drug-likeness (QED) is 0.0159. The molecule has 304 valence electrons. The van der Waals surface area contributed by atoms with E-state index in [9.17, 15) is 33.5 Å². The lowest BCUT2D eigenvalue weighted by Gasteiger charge is -2.20. The van der Waals surface area contributed by atoms with Crippen LogP contribution in [0.3, 0.4) is 0 Å². The summed E-state index contributed by atoms with van der Waals surface area (Å²) in [7, 11) is -9.68. The topological polar surface area (TPSA) is 212 Å². The van der Waals surface area contributed by atoms with Gasteiger partial charge in [0.25, 0.3) is 0 Å². The van der Waals surface area contributed by atoms with Crippen LogP contribution in [0.5, 0.6) is 0 Å². The first-order chi connectivity index (χ1) is 24.6. The second-order valence-electron chi connectivity index (χ2n) is 13.4. The van der Waals surface area contributed by atoms with Crippen molar-refractivity contribution in [1.82, 2.24) is 0 Å². The molecule has 0 spiro atoms. The first-order valence-corrected chi connectivity index (χ1v) is 21.9. The summed E-state index contributed by atoms with van der Waals surface area (Å²) in [5, 5.41) is 9.69. The van der Waals surface area contributed by atoms with E-state index >= 15 is 0 Å². The smallest absolute Gasteiger partial charge is 0.462 e. The Morgan fingerprint density at radius 3 is 1.85 bits per heavy atom. The maximum absolute atomic E-state index is 12.5. The fraction of sp³-hybridized carbons (Fsp3) is 0.806. The van der Waals surface area contributed by atoms with Crippen molar-refractivity contribution in [3.63, 3.8) is 0 Å². The average Bonchev–Trinajstić information content (AvgIpc) is 3.07. The van der Waals surface area contributed by atoms with Crippen molar-refractivity contribution in [2.45, 2.75) is 155 Å². The number of ether oxygens (including phenoxy) is 2. The molecule has 0 aromatic rings. The number of hydrogen-bond donors (Lipinski definition) is 4. The third-order valence-corrected chi connectivity index (χ3v) is 9.17. The first-order valence-electron chi connectivity index (χ1n) is 18.8. The Kier molecular flexibility index (Phi) is 30.6. The van der Waals surface area contributed by atoms with Crippen LogP contribution in [-0.2, 0) is 46.6 Å². The minimum absolute atomic E-state index is 0.112. The number of rotatable bonds is 35. The molecule has 52 heavy (non-hydrogen) atoms. The lowest BCUT2D eigenvalue weighted by Crippen LogP contribution is -2.30. The van der Waals surface area contributed by atoms with Gasteiger partial charge in [-0.3, -0.25) is 28.0 Å². The molecule has 0 saturated carbocycles. The number of carbonyl (C=O) groups is 3.